The molecule has 0 aromatic heterocycles. The normalized spacial score (nSPS) is 18.4. The van der Waals surface area contributed by atoms with Crippen LogP contribution in [0.4, 0.5) is 0 Å². The summed E-state index contributed by atoms with van der Waals surface area (Å²) in [6, 6.07) is 8.11. The highest BCUT2D eigenvalue weighted by Gasteiger charge is 2.41. The van der Waals surface area contributed by atoms with E-state index in [4.69, 9.17) is 9.47 Å². The van der Waals surface area contributed by atoms with Crippen molar-refractivity contribution >= 4 is 5.76 Å². The molecule has 0 spiro atoms. The van der Waals surface area contributed by atoms with E-state index in [1.807, 2.05) is 12.1 Å². The lowest BCUT2D eigenvalue weighted by atomic mass is 9.71. The Balaban J connectivity index is 2.51. The van der Waals surface area contributed by atoms with E-state index in [1.54, 1.807) is 7.11 Å². The molecule has 0 amide bonds. The fourth-order valence-electron chi connectivity index (χ4n) is 3.03. The summed E-state index contributed by atoms with van der Waals surface area (Å²) in [5.74, 6) is 1.92. The zero-order chi connectivity index (χ0) is 14.3. The number of methoxy groups -OCH3 is 1. The van der Waals surface area contributed by atoms with Gasteiger partial charge in [-0.2, -0.15) is 0 Å². The smallest absolute Gasteiger partial charge is 0.126 e. The molecule has 104 valence electrons. The molecular formula is C17H24O2. The Labute approximate surface area is 116 Å². The minimum absolute atomic E-state index is 0.0908. The Morgan fingerprint density at radius 3 is 2.16 bits per heavy atom. The molecule has 1 aliphatic heterocycles. The zero-order valence-corrected chi connectivity index (χ0v) is 12.8. The van der Waals surface area contributed by atoms with Crippen LogP contribution in [-0.2, 0) is 4.74 Å². The van der Waals surface area contributed by atoms with Gasteiger partial charge in [0.25, 0.3) is 0 Å². The van der Waals surface area contributed by atoms with Gasteiger partial charge in [-0.25, -0.2) is 0 Å². The Morgan fingerprint density at radius 1 is 1.11 bits per heavy atom. The lowest BCUT2D eigenvalue weighted by molar-refractivity contribution is 0.213. The fourth-order valence-corrected chi connectivity index (χ4v) is 3.03. The van der Waals surface area contributed by atoms with Crippen LogP contribution in [-0.4, -0.2) is 13.7 Å². The van der Waals surface area contributed by atoms with Crippen molar-refractivity contribution in [3.8, 4) is 5.75 Å². The van der Waals surface area contributed by atoms with Gasteiger partial charge in [-0.3, -0.25) is 0 Å². The van der Waals surface area contributed by atoms with Gasteiger partial charge in [-0.15, -0.1) is 0 Å². The van der Waals surface area contributed by atoms with Gasteiger partial charge in [-0.05, 0) is 35.3 Å². The Morgan fingerprint density at radius 2 is 1.68 bits per heavy atom. The van der Waals surface area contributed by atoms with Crippen molar-refractivity contribution in [2.45, 2.75) is 34.6 Å². The molecule has 0 bridgehead atoms. The predicted octanol–water partition coefficient (Wildman–Crippen LogP) is 4.51. The molecule has 2 nitrogen and oxygen atoms in total. The lowest BCUT2D eigenvalue weighted by Crippen LogP contribution is -2.24. The lowest BCUT2D eigenvalue weighted by Gasteiger charge is -2.30. The third-order valence-electron chi connectivity index (χ3n) is 3.58. The average molecular weight is 260 g/mol. The predicted molar refractivity (Wildman–Crippen MR) is 79.1 cm³/mol. The first kappa shape index (κ1) is 14.0. The van der Waals surface area contributed by atoms with Gasteiger partial charge in [0, 0.05) is 11.0 Å². The highest BCUT2D eigenvalue weighted by Crippen LogP contribution is 2.49. The molecule has 1 heterocycles. The van der Waals surface area contributed by atoms with E-state index in [2.05, 4.69) is 46.8 Å². The average Bonchev–Trinajstić information content (AvgIpc) is 2.65. The van der Waals surface area contributed by atoms with Gasteiger partial charge in [0.15, 0.2) is 0 Å². The van der Waals surface area contributed by atoms with E-state index in [-0.39, 0.29) is 10.8 Å². The third kappa shape index (κ3) is 2.63. The monoisotopic (exact) mass is 260 g/mol. The first-order valence-electron chi connectivity index (χ1n) is 6.78. The first-order valence-corrected chi connectivity index (χ1v) is 6.78. The van der Waals surface area contributed by atoms with Crippen molar-refractivity contribution in [3.05, 3.63) is 35.4 Å². The standard InChI is InChI=1S/C17H24O2/c1-16(2,3)15-14(19-11-17(15,4)5)12-7-9-13(18-6)10-8-12/h7-10H,11H2,1-6H3. The van der Waals surface area contributed by atoms with E-state index >= 15 is 0 Å². The molecule has 0 radical (unpaired) electrons. The molecule has 0 saturated heterocycles. The molecule has 1 aromatic rings. The van der Waals surface area contributed by atoms with E-state index in [0.717, 1.165) is 23.7 Å². The van der Waals surface area contributed by atoms with Crippen molar-refractivity contribution in [1.82, 2.24) is 0 Å². The van der Waals surface area contributed by atoms with E-state index < -0.39 is 0 Å². The summed E-state index contributed by atoms with van der Waals surface area (Å²) in [5.41, 5.74) is 2.73. The number of hydrogen-bond acceptors (Lipinski definition) is 2. The van der Waals surface area contributed by atoms with Gasteiger partial charge in [-0.1, -0.05) is 34.6 Å². The largest absolute Gasteiger partial charge is 0.497 e. The molecule has 19 heavy (non-hydrogen) atoms. The molecule has 0 atom stereocenters. The first-order chi connectivity index (χ1) is 8.75. The van der Waals surface area contributed by atoms with E-state index in [1.165, 1.54) is 5.57 Å². The summed E-state index contributed by atoms with van der Waals surface area (Å²) in [6.07, 6.45) is 0. The minimum Gasteiger partial charge on any atom is -0.497 e. The van der Waals surface area contributed by atoms with Crippen LogP contribution >= 0.6 is 0 Å². The SMILES string of the molecule is COc1ccc(C2=C(C(C)(C)C)C(C)(C)CO2)cc1. The van der Waals surface area contributed by atoms with E-state index in [0.29, 0.717) is 0 Å². The highest BCUT2D eigenvalue weighted by molar-refractivity contribution is 5.68. The molecule has 2 rings (SSSR count). The summed E-state index contributed by atoms with van der Waals surface area (Å²) in [5, 5.41) is 0. The van der Waals surface area contributed by atoms with Crippen LogP contribution in [0.15, 0.2) is 29.8 Å². The van der Waals surface area contributed by atoms with Gasteiger partial charge < -0.3 is 9.47 Å². The summed E-state index contributed by atoms with van der Waals surface area (Å²) in [4.78, 5) is 0. The zero-order valence-electron chi connectivity index (χ0n) is 12.8. The van der Waals surface area contributed by atoms with E-state index in [9.17, 15) is 0 Å². The van der Waals surface area contributed by atoms with Gasteiger partial charge in [0.05, 0.1) is 13.7 Å². The van der Waals surface area contributed by atoms with Crippen molar-refractivity contribution in [2.24, 2.45) is 10.8 Å². The molecule has 2 heteroatoms. The summed E-state index contributed by atoms with van der Waals surface area (Å²) < 4.78 is 11.2. The molecule has 0 saturated carbocycles. The second-order valence-corrected chi connectivity index (χ2v) is 6.86. The van der Waals surface area contributed by atoms with Crippen LogP contribution in [0.2, 0.25) is 0 Å². The summed E-state index contributed by atoms with van der Waals surface area (Å²) in [6.45, 7) is 12.0. The topological polar surface area (TPSA) is 18.5 Å². The number of benzene rings is 1. The van der Waals surface area contributed by atoms with Crippen molar-refractivity contribution in [2.75, 3.05) is 13.7 Å². The minimum atomic E-state index is 0.0908. The van der Waals surface area contributed by atoms with Gasteiger partial charge >= 0.3 is 0 Å². The quantitative estimate of drug-likeness (QED) is 0.779. The summed E-state index contributed by atoms with van der Waals surface area (Å²) in [7, 11) is 1.68. The molecule has 0 N–H and O–H groups in total. The molecule has 0 fully saturated rings. The molecule has 0 aliphatic carbocycles. The van der Waals surface area contributed by atoms with Crippen LogP contribution in [0.1, 0.15) is 40.2 Å². The maximum Gasteiger partial charge on any atom is 0.126 e. The number of ether oxygens (including phenoxy) is 2. The van der Waals surface area contributed by atoms with Crippen LogP contribution < -0.4 is 4.74 Å². The van der Waals surface area contributed by atoms with Crippen LogP contribution in [0.25, 0.3) is 5.76 Å². The van der Waals surface area contributed by atoms with Gasteiger partial charge in [0.2, 0.25) is 0 Å². The second kappa shape index (κ2) is 4.59. The second-order valence-electron chi connectivity index (χ2n) is 6.86. The molecule has 0 unspecified atom stereocenters. The molecule has 1 aliphatic rings. The van der Waals surface area contributed by atoms with Crippen LogP contribution in [0.3, 0.4) is 0 Å². The third-order valence-corrected chi connectivity index (χ3v) is 3.58. The number of hydrogen-bond donors (Lipinski definition) is 0. The molecule has 1 aromatic carbocycles. The van der Waals surface area contributed by atoms with Gasteiger partial charge in [0.1, 0.15) is 11.5 Å². The number of rotatable bonds is 2. The van der Waals surface area contributed by atoms with Crippen molar-refractivity contribution in [1.29, 1.82) is 0 Å². The van der Waals surface area contributed by atoms with Crippen LogP contribution in [0, 0.1) is 10.8 Å². The van der Waals surface area contributed by atoms with Crippen molar-refractivity contribution in [3.63, 3.8) is 0 Å². The molecular weight excluding hydrogens is 236 g/mol. The Hall–Kier alpha value is -1.44. The Bertz CT molecular complexity index is 487. The van der Waals surface area contributed by atoms with Crippen molar-refractivity contribution < 1.29 is 9.47 Å². The Kier molecular flexibility index (Phi) is 3.38. The fraction of sp³-hybridized carbons (Fsp3) is 0.529. The maximum atomic E-state index is 6.01. The maximum absolute atomic E-state index is 6.01. The summed E-state index contributed by atoms with van der Waals surface area (Å²) >= 11 is 0. The highest BCUT2D eigenvalue weighted by atomic mass is 16.5. The van der Waals surface area contributed by atoms with Crippen LogP contribution in [0.5, 0.6) is 5.75 Å².